The second-order valence-corrected chi connectivity index (χ2v) is 4.24. The maximum Gasteiger partial charge on any atom is 0.322 e. The lowest BCUT2D eigenvalue weighted by Gasteiger charge is -2.10. The Morgan fingerprint density at radius 3 is 2.85 bits per heavy atom. The molecule has 6 heteroatoms. The van der Waals surface area contributed by atoms with E-state index in [9.17, 15) is 4.79 Å². The Bertz CT molecular complexity index is 629. The minimum Gasteiger partial charge on any atom is -0.496 e. The number of aromatic nitrogens is 2. The van der Waals surface area contributed by atoms with Gasteiger partial charge in [0.15, 0.2) is 0 Å². The molecule has 0 atom stereocenters. The highest BCUT2D eigenvalue weighted by atomic mass is 16.5. The van der Waals surface area contributed by atoms with Gasteiger partial charge in [-0.1, -0.05) is 11.6 Å². The number of nitrogens with one attached hydrogen (secondary N) is 1. The topological polar surface area (TPSA) is 84.3 Å². The van der Waals surface area contributed by atoms with Crippen molar-refractivity contribution in [2.24, 2.45) is 0 Å². The van der Waals surface area contributed by atoms with E-state index in [1.165, 1.54) is 6.33 Å². The van der Waals surface area contributed by atoms with Crippen molar-refractivity contribution in [2.45, 2.75) is 6.92 Å². The summed E-state index contributed by atoms with van der Waals surface area (Å²) < 4.78 is 5.32. The van der Waals surface area contributed by atoms with Crippen molar-refractivity contribution in [2.75, 3.05) is 19.0 Å². The van der Waals surface area contributed by atoms with E-state index in [1.807, 2.05) is 25.1 Å². The summed E-state index contributed by atoms with van der Waals surface area (Å²) in [7, 11) is 1.60. The molecule has 1 aromatic carbocycles. The Morgan fingerprint density at radius 2 is 2.15 bits per heavy atom. The van der Waals surface area contributed by atoms with Gasteiger partial charge in [-0.2, -0.15) is 0 Å². The highest BCUT2D eigenvalue weighted by molar-refractivity contribution is 5.74. The smallest absolute Gasteiger partial charge is 0.322 e. The summed E-state index contributed by atoms with van der Waals surface area (Å²) >= 11 is 0. The molecule has 0 aliphatic carbocycles. The number of benzene rings is 1. The molecule has 1 heterocycles. The lowest BCUT2D eigenvalue weighted by Crippen LogP contribution is -2.13. The van der Waals surface area contributed by atoms with Crippen molar-refractivity contribution in [1.29, 1.82) is 0 Å². The van der Waals surface area contributed by atoms with Crippen LogP contribution in [-0.4, -0.2) is 34.7 Å². The van der Waals surface area contributed by atoms with Gasteiger partial charge in [0.25, 0.3) is 0 Å². The van der Waals surface area contributed by atoms with Crippen molar-refractivity contribution >= 4 is 11.8 Å². The Labute approximate surface area is 116 Å². The lowest BCUT2D eigenvalue weighted by molar-refractivity contribution is -0.134. The third-order valence-corrected chi connectivity index (χ3v) is 2.72. The zero-order chi connectivity index (χ0) is 14.5. The van der Waals surface area contributed by atoms with Crippen LogP contribution >= 0.6 is 0 Å². The summed E-state index contributed by atoms with van der Waals surface area (Å²) in [6.07, 6.45) is 1.39. The number of aliphatic carboxylic acids is 1. The van der Waals surface area contributed by atoms with Gasteiger partial charge >= 0.3 is 5.97 Å². The van der Waals surface area contributed by atoms with Crippen LogP contribution in [-0.2, 0) is 4.79 Å². The highest BCUT2D eigenvalue weighted by Gasteiger charge is 2.09. The van der Waals surface area contributed by atoms with Crippen LogP contribution < -0.4 is 10.1 Å². The number of rotatable bonds is 5. The fourth-order valence-electron chi connectivity index (χ4n) is 1.79. The maximum absolute atomic E-state index is 10.5. The van der Waals surface area contributed by atoms with E-state index in [4.69, 9.17) is 9.84 Å². The number of hydrogen-bond donors (Lipinski definition) is 2. The number of carboxylic acids is 1. The quantitative estimate of drug-likeness (QED) is 0.866. The van der Waals surface area contributed by atoms with E-state index >= 15 is 0 Å². The van der Waals surface area contributed by atoms with Crippen molar-refractivity contribution in [1.82, 2.24) is 9.97 Å². The average molecular weight is 273 g/mol. The second-order valence-electron chi connectivity index (χ2n) is 4.24. The lowest BCUT2D eigenvalue weighted by atomic mass is 10.1. The number of ether oxygens (including phenoxy) is 1. The molecule has 2 N–H and O–H groups in total. The molecule has 20 heavy (non-hydrogen) atoms. The van der Waals surface area contributed by atoms with Crippen LogP contribution in [0.25, 0.3) is 11.3 Å². The summed E-state index contributed by atoms with van der Waals surface area (Å²) in [4.78, 5) is 18.7. The van der Waals surface area contributed by atoms with Gasteiger partial charge in [-0.25, -0.2) is 9.97 Å². The summed E-state index contributed by atoms with van der Waals surface area (Å²) in [6.45, 7) is 1.79. The second kappa shape index (κ2) is 6.01. The van der Waals surface area contributed by atoms with Gasteiger partial charge in [-0.15, -0.1) is 0 Å². The number of carbonyl (C=O) groups is 1. The molecule has 0 spiro atoms. The Kier molecular flexibility index (Phi) is 4.14. The molecular weight excluding hydrogens is 258 g/mol. The first-order valence-electron chi connectivity index (χ1n) is 6.03. The minimum absolute atomic E-state index is 0.193. The van der Waals surface area contributed by atoms with Crippen LogP contribution in [0.5, 0.6) is 5.75 Å². The fourth-order valence-corrected chi connectivity index (χ4v) is 1.79. The molecule has 2 aromatic rings. The van der Waals surface area contributed by atoms with E-state index < -0.39 is 5.97 Å². The van der Waals surface area contributed by atoms with Crippen molar-refractivity contribution in [3.63, 3.8) is 0 Å². The molecule has 0 saturated heterocycles. The van der Waals surface area contributed by atoms with Crippen molar-refractivity contribution in [3.8, 4) is 17.0 Å². The van der Waals surface area contributed by atoms with Crippen molar-refractivity contribution in [3.05, 3.63) is 36.2 Å². The average Bonchev–Trinajstić information content (AvgIpc) is 2.45. The van der Waals surface area contributed by atoms with Crippen LogP contribution in [0.3, 0.4) is 0 Å². The van der Waals surface area contributed by atoms with E-state index in [2.05, 4.69) is 15.3 Å². The van der Waals surface area contributed by atoms with Gasteiger partial charge in [-0.3, -0.25) is 4.79 Å². The van der Waals surface area contributed by atoms with Crippen LogP contribution in [0.2, 0.25) is 0 Å². The van der Waals surface area contributed by atoms with Gasteiger partial charge in [0, 0.05) is 11.6 Å². The van der Waals surface area contributed by atoms with Crippen LogP contribution in [0.4, 0.5) is 5.82 Å². The molecule has 0 amide bonds. The molecule has 0 unspecified atom stereocenters. The number of anilines is 1. The molecule has 0 aliphatic heterocycles. The molecular formula is C14H15N3O3. The summed E-state index contributed by atoms with van der Waals surface area (Å²) in [5.74, 6) is 0.220. The van der Waals surface area contributed by atoms with Gasteiger partial charge in [0.1, 0.15) is 24.4 Å². The molecule has 2 rings (SSSR count). The van der Waals surface area contributed by atoms with Crippen LogP contribution in [0, 0.1) is 6.92 Å². The Balaban J connectivity index is 2.35. The number of methoxy groups -OCH3 is 1. The predicted octanol–water partition coefficient (Wildman–Crippen LogP) is 1.96. The van der Waals surface area contributed by atoms with E-state index in [0.29, 0.717) is 17.3 Å². The van der Waals surface area contributed by atoms with Gasteiger partial charge in [0.05, 0.1) is 12.8 Å². The summed E-state index contributed by atoms with van der Waals surface area (Å²) in [5.41, 5.74) is 2.60. The molecule has 0 fully saturated rings. The zero-order valence-corrected chi connectivity index (χ0v) is 11.3. The number of hydrogen-bond acceptors (Lipinski definition) is 5. The van der Waals surface area contributed by atoms with Gasteiger partial charge < -0.3 is 15.2 Å². The standard InChI is InChI=1S/C14H15N3O3/c1-9-3-4-12(20-2)10(5-9)11-6-13(17-8-16-11)15-7-14(18)19/h3-6,8H,7H2,1-2H3,(H,18,19)(H,15,16,17). The number of aryl methyl sites for hydroxylation is 1. The number of nitrogens with zero attached hydrogens (tertiary/aromatic N) is 2. The molecule has 0 aliphatic rings. The molecule has 0 saturated carbocycles. The molecule has 104 valence electrons. The zero-order valence-electron chi connectivity index (χ0n) is 11.3. The minimum atomic E-state index is -0.946. The molecule has 1 aromatic heterocycles. The maximum atomic E-state index is 10.5. The van der Waals surface area contributed by atoms with Crippen LogP contribution in [0.15, 0.2) is 30.6 Å². The van der Waals surface area contributed by atoms with Crippen molar-refractivity contribution < 1.29 is 14.6 Å². The highest BCUT2D eigenvalue weighted by Crippen LogP contribution is 2.30. The third kappa shape index (κ3) is 3.23. The summed E-state index contributed by atoms with van der Waals surface area (Å²) in [6, 6.07) is 7.48. The Hall–Kier alpha value is -2.63. The first-order chi connectivity index (χ1) is 9.60. The van der Waals surface area contributed by atoms with E-state index in [-0.39, 0.29) is 6.54 Å². The van der Waals surface area contributed by atoms with E-state index in [0.717, 1.165) is 11.1 Å². The van der Waals surface area contributed by atoms with Crippen LogP contribution in [0.1, 0.15) is 5.56 Å². The largest absolute Gasteiger partial charge is 0.496 e. The van der Waals surface area contributed by atoms with Gasteiger partial charge in [0.2, 0.25) is 0 Å². The molecule has 0 radical (unpaired) electrons. The SMILES string of the molecule is COc1ccc(C)cc1-c1cc(NCC(=O)O)ncn1. The first-order valence-corrected chi connectivity index (χ1v) is 6.03. The monoisotopic (exact) mass is 273 g/mol. The molecule has 0 bridgehead atoms. The first kappa shape index (κ1) is 13.8. The Morgan fingerprint density at radius 1 is 1.35 bits per heavy atom. The normalized spacial score (nSPS) is 10.1. The summed E-state index contributed by atoms with van der Waals surface area (Å²) in [5, 5.41) is 11.4. The van der Waals surface area contributed by atoms with E-state index in [1.54, 1.807) is 13.2 Å². The molecule has 6 nitrogen and oxygen atoms in total. The number of carboxylic acid groups (broad SMARTS) is 1. The fraction of sp³-hybridized carbons (Fsp3) is 0.214. The third-order valence-electron chi connectivity index (χ3n) is 2.72. The van der Waals surface area contributed by atoms with Gasteiger partial charge in [-0.05, 0) is 19.1 Å². The predicted molar refractivity (Wildman–Crippen MR) is 74.9 cm³/mol.